The van der Waals surface area contributed by atoms with Crippen molar-refractivity contribution >= 4 is 17.5 Å². The van der Waals surface area contributed by atoms with Gasteiger partial charge in [0.1, 0.15) is 12.4 Å². The Hall–Kier alpha value is -0.960. The number of para-hydroxylation sites is 1. The monoisotopic (exact) mass is 224 g/mol. The normalized spacial score (nSPS) is 10.0. The van der Waals surface area contributed by atoms with E-state index in [4.69, 9.17) is 4.74 Å². The van der Waals surface area contributed by atoms with Gasteiger partial charge in [0.2, 0.25) is 0 Å². The van der Waals surface area contributed by atoms with Gasteiger partial charge in [-0.05, 0) is 24.8 Å². The average Bonchev–Trinajstić information content (AvgIpc) is 2.27. The van der Waals surface area contributed by atoms with Gasteiger partial charge in [0.05, 0.1) is 0 Å². The first-order valence-corrected chi connectivity index (χ1v) is 6.28. The first-order valence-electron chi connectivity index (χ1n) is 5.05. The number of thioether (sulfide) groups is 1. The quantitative estimate of drug-likeness (QED) is 0.694. The van der Waals surface area contributed by atoms with Crippen molar-refractivity contribution in [3.63, 3.8) is 0 Å². The van der Waals surface area contributed by atoms with Crippen LogP contribution in [-0.4, -0.2) is 18.6 Å². The molecule has 0 saturated heterocycles. The van der Waals surface area contributed by atoms with E-state index in [2.05, 4.69) is 0 Å². The molecule has 1 rings (SSSR count). The summed E-state index contributed by atoms with van der Waals surface area (Å²) < 4.78 is 5.47. The van der Waals surface area contributed by atoms with Crippen molar-refractivity contribution < 1.29 is 9.53 Å². The Morgan fingerprint density at radius 1 is 1.40 bits per heavy atom. The fourth-order valence-electron chi connectivity index (χ4n) is 1.25. The zero-order valence-corrected chi connectivity index (χ0v) is 9.97. The molecule has 0 saturated carbocycles. The molecule has 3 heteroatoms. The standard InChI is InChI=1S/C12H16O2S/c1-3-6-10(13)9-14-11-7-4-5-8-12(11)15-2/h4-5,7-8H,3,6,9H2,1-2H3. The highest BCUT2D eigenvalue weighted by Crippen LogP contribution is 2.26. The molecule has 0 aliphatic carbocycles. The summed E-state index contributed by atoms with van der Waals surface area (Å²) in [4.78, 5) is 12.4. The highest BCUT2D eigenvalue weighted by atomic mass is 32.2. The maximum Gasteiger partial charge on any atom is 0.170 e. The highest BCUT2D eigenvalue weighted by Gasteiger charge is 2.04. The molecule has 0 aromatic heterocycles. The minimum Gasteiger partial charge on any atom is -0.485 e. The van der Waals surface area contributed by atoms with Gasteiger partial charge in [-0.1, -0.05) is 19.1 Å². The fourth-order valence-corrected chi connectivity index (χ4v) is 1.79. The third kappa shape index (κ3) is 3.96. The number of hydrogen-bond acceptors (Lipinski definition) is 3. The number of carbonyl (C=O) groups excluding carboxylic acids is 1. The minimum absolute atomic E-state index is 0.161. The topological polar surface area (TPSA) is 26.3 Å². The first kappa shape index (κ1) is 12.1. The van der Waals surface area contributed by atoms with Gasteiger partial charge >= 0.3 is 0 Å². The summed E-state index contributed by atoms with van der Waals surface area (Å²) in [5.41, 5.74) is 0. The second kappa shape index (κ2) is 6.51. The van der Waals surface area contributed by atoms with Crippen LogP contribution in [-0.2, 0) is 4.79 Å². The van der Waals surface area contributed by atoms with E-state index >= 15 is 0 Å². The predicted molar refractivity (Wildman–Crippen MR) is 63.6 cm³/mol. The van der Waals surface area contributed by atoms with E-state index in [9.17, 15) is 4.79 Å². The van der Waals surface area contributed by atoms with E-state index in [1.165, 1.54) is 0 Å². The van der Waals surface area contributed by atoms with Crippen LogP contribution in [0, 0.1) is 0 Å². The molecule has 0 N–H and O–H groups in total. The number of hydrogen-bond donors (Lipinski definition) is 0. The van der Waals surface area contributed by atoms with Crippen molar-refractivity contribution in [3.8, 4) is 5.75 Å². The van der Waals surface area contributed by atoms with Crippen LogP contribution in [0.1, 0.15) is 19.8 Å². The molecular weight excluding hydrogens is 208 g/mol. The summed E-state index contributed by atoms with van der Waals surface area (Å²) in [6.45, 7) is 2.18. The maximum absolute atomic E-state index is 11.3. The van der Waals surface area contributed by atoms with E-state index in [1.54, 1.807) is 11.8 Å². The Bertz CT molecular complexity index is 323. The number of ether oxygens (including phenoxy) is 1. The Kier molecular flexibility index (Phi) is 5.26. The van der Waals surface area contributed by atoms with E-state index < -0.39 is 0 Å². The van der Waals surface area contributed by atoms with E-state index in [-0.39, 0.29) is 12.4 Å². The largest absolute Gasteiger partial charge is 0.485 e. The van der Waals surface area contributed by atoms with Gasteiger partial charge in [-0.2, -0.15) is 0 Å². The van der Waals surface area contributed by atoms with Crippen LogP contribution < -0.4 is 4.74 Å². The van der Waals surface area contributed by atoms with Crippen LogP contribution in [0.3, 0.4) is 0 Å². The molecule has 1 aromatic rings. The van der Waals surface area contributed by atoms with Gasteiger partial charge in [0.25, 0.3) is 0 Å². The van der Waals surface area contributed by atoms with Gasteiger partial charge in [0, 0.05) is 11.3 Å². The highest BCUT2D eigenvalue weighted by molar-refractivity contribution is 7.98. The SMILES string of the molecule is CCCC(=O)COc1ccccc1SC. The number of Topliss-reactive ketones (excluding diaryl/α,β-unsaturated/α-hetero) is 1. The van der Waals surface area contributed by atoms with Gasteiger partial charge in [-0.25, -0.2) is 0 Å². The van der Waals surface area contributed by atoms with Crippen LogP contribution in [0.2, 0.25) is 0 Å². The molecule has 0 aliphatic heterocycles. The lowest BCUT2D eigenvalue weighted by Crippen LogP contribution is -2.10. The summed E-state index contributed by atoms with van der Waals surface area (Å²) in [5.74, 6) is 0.961. The van der Waals surface area contributed by atoms with Crippen LogP contribution in [0.25, 0.3) is 0 Å². The first-order chi connectivity index (χ1) is 7.27. The number of rotatable bonds is 6. The second-order valence-corrected chi connectivity index (χ2v) is 4.08. The molecule has 1 aromatic carbocycles. The van der Waals surface area contributed by atoms with E-state index in [0.29, 0.717) is 6.42 Å². The third-order valence-electron chi connectivity index (χ3n) is 1.99. The Balaban J connectivity index is 2.53. The molecule has 0 fully saturated rings. The lowest BCUT2D eigenvalue weighted by atomic mass is 10.2. The van der Waals surface area contributed by atoms with Crippen molar-refractivity contribution in [2.45, 2.75) is 24.7 Å². The Labute approximate surface area is 95.0 Å². The van der Waals surface area contributed by atoms with Crippen LogP contribution in [0.5, 0.6) is 5.75 Å². The third-order valence-corrected chi connectivity index (χ3v) is 2.76. The molecule has 0 radical (unpaired) electrons. The summed E-state index contributed by atoms with van der Waals surface area (Å²) in [6, 6.07) is 7.77. The van der Waals surface area contributed by atoms with Crippen LogP contribution >= 0.6 is 11.8 Å². The van der Waals surface area contributed by atoms with Crippen molar-refractivity contribution in [1.29, 1.82) is 0 Å². The van der Waals surface area contributed by atoms with Crippen LogP contribution in [0.4, 0.5) is 0 Å². The summed E-state index contributed by atoms with van der Waals surface area (Å²) >= 11 is 1.62. The molecule has 15 heavy (non-hydrogen) atoms. The van der Waals surface area contributed by atoms with E-state index in [0.717, 1.165) is 17.1 Å². The van der Waals surface area contributed by atoms with Gasteiger partial charge in [0.15, 0.2) is 5.78 Å². The smallest absolute Gasteiger partial charge is 0.170 e. The molecule has 0 bridgehead atoms. The molecule has 0 amide bonds. The molecule has 0 spiro atoms. The molecule has 0 unspecified atom stereocenters. The molecule has 2 nitrogen and oxygen atoms in total. The summed E-state index contributed by atoms with van der Waals surface area (Å²) in [5, 5.41) is 0. The predicted octanol–water partition coefficient (Wildman–Crippen LogP) is 3.16. The Morgan fingerprint density at radius 2 is 2.13 bits per heavy atom. The van der Waals surface area contributed by atoms with E-state index in [1.807, 2.05) is 37.4 Å². The summed E-state index contributed by atoms with van der Waals surface area (Å²) in [7, 11) is 0. The minimum atomic E-state index is 0.161. The molecule has 0 atom stereocenters. The van der Waals surface area contributed by atoms with Gasteiger partial charge < -0.3 is 4.74 Å². The van der Waals surface area contributed by atoms with Gasteiger partial charge in [-0.15, -0.1) is 11.8 Å². The zero-order valence-electron chi connectivity index (χ0n) is 9.16. The van der Waals surface area contributed by atoms with Crippen molar-refractivity contribution in [2.75, 3.05) is 12.9 Å². The lowest BCUT2D eigenvalue weighted by molar-refractivity contribution is -0.121. The van der Waals surface area contributed by atoms with Crippen molar-refractivity contribution in [1.82, 2.24) is 0 Å². The number of carbonyl (C=O) groups is 1. The average molecular weight is 224 g/mol. The van der Waals surface area contributed by atoms with Crippen molar-refractivity contribution in [3.05, 3.63) is 24.3 Å². The zero-order chi connectivity index (χ0) is 11.1. The molecular formula is C12H16O2S. The Morgan fingerprint density at radius 3 is 2.80 bits per heavy atom. The molecule has 0 aliphatic rings. The van der Waals surface area contributed by atoms with Crippen molar-refractivity contribution in [2.24, 2.45) is 0 Å². The fraction of sp³-hybridized carbons (Fsp3) is 0.417. The number of ketones is 1. The molecule has 0 heterocycles. The second-order valence-electron chi connectivity index (χ2n) is 3.23. The summed E-state index contributed by atoms with van der Waals surface area (Å²) in [6.07, 6.45) is 3.48. The lowest BCUT2D eigenvalue weighted by Gasteiger charge is -2.08. The molecule has 82 valence electrons. The maximum atomic E-state index is 11.3. The van der Waals surface area contributed by atoms with Crippen LogP contribution in [0.15, 0.2) is 29.2 Å². The van der Waals surface area contributed by atoms with Gasteiger partial charge in [-0.3, -0.25) is 4.79 Å². The number of benzene rings is 1.